The molecule has 0 aliphatic heterocycles. The van der Waals surface area contributed by atoms with Crippen LogP contribution >= 0.6 is 0 Å². The standard InChI is InChI=1S/C12H16N4O4/c1-2-14-10(17)6-7-15-12(18)8-4-3-5-9(13)11(8)16(19)20/h3-5H,2,6-7,13H2,1H3,(H,14,17)(H,15,18). The molecule has 2 amide bonds. The first-order valence-electron chi connectivity index (χ1n) is 6.05. The monoisotopic (exact) mass is 280 g/mol. The number of nitrogen functional groups attached to an aromatic ring is 1. The van der Waals surface area contributed by atoms with E-state index < -0.39 is 16.5 Å². The van der Waals surface area contributed by atoms with Gasteiger partial charge in [-0.25, -0.2) is 0 Å². The Kier molecular flexibility index (Phi) is 5.45. The van der Waals surface area contributed by atoms with Crippen molar-refractivity contribution in [2.45, 2.75) is 13.3 Å². The summed E-state index contributed by atoms with van der Waals surface area (Å²) in [7, 11) is 0. The van der Waals surface area contributed by atoms with Crippen LogP contribution in [0.4, 0.5) is 11.4 Å². The lowest BCUT2D eigenvalue weighted by atomic mass is 10.1. The Morgan fingerprint density at radius 3 is 2.65 bits per heavy atom. The Bertz CT molecular complexity index is 530. The molecule has 20 heavy (non-hydrogen) atoms. The average molecular weight is 280 g/mol. The Labute approximate surface area is 115 Å². The molecule has 108 valence electrons. The van der Waals surface area contributed by atoms with Crippen molar-refractivity contribution < 1.29 is 14.5 Å². The van der Waals surface area contributed by atoms with Gasteiger partial charge in [0.2, 0.25) is 5.91 Å². The van der Waals surface area contributed by atoms with Gasteiger partial charge in [-0.3, -0.25) is 19.7 Å². The molecular formula is C12H16N4O4. The largest absolute Gasteiger partial charge is 0.393 e. The molecule has 1 aromatic carbocycles. The fourth-order valence-corrected chi connectivity index (χ4v) is 1.62. The number of para-hydroxylation sites is 1. The summed E-state index contributed by atoms with van der Waals surface area (Å²) in [5, 5.41) is 15.9. The highest BCUT2D eigenvalue weighted by Gasteiger charge is 2.22. The van der Waals surface area contributed by atoms with Crippen LogP contribution in [0.1, 0.15) is 23.7 Å². The smallest absolute Gasteiger partial charge is 0.304 e. The summed E-state index contributed by atoms with van der Waals surface area (Å²) in [6.45, 7) is 2.39. The minimum atomic E-state index is -0.700. The second kappa shape index (κ2) is 7.07. The van der Waals surface area contributed by atoms with Crippen molar-refractivity contribution in [2.75, 3.05) is 18.8 Å². The highest BCUT2D eigenvalue weighted by Crippen LogP contribution is 2.25. The minimum Gasteiger partial charge on any atom is -0.393 e. The number of benzene rings is 1. The van der Waals surface area contributed by atoms with Gasteiger partial charge in [-0.05, 0) is 19.1 Å². The highest BCUT2D eigenvalue weighted by molar-refractivity contribution is 6.00. The molecule has 0 aromatic heterocycles. The number of hydrogen-bond acceptors (Lipinski definition) is 5. The summed E-state index contributed by atoms with van der Waals surface area (Å²) in [5.74, 6) is -0.830. The molecule has 0 unspecified atom stereocenters. The molecule has 0 radical (unpaired) electrons. The van der Waals surface area contributed by atoms with Crippen molar-refractivity contribution in [3.05, 3.63) is 33.9 Å². The predicted octanol–water partition coefficient (Wildman–Crippen LogP) is 0.433. The minimum absolute atomic E-state index is 0.0774. The lowest BCUT2D eigenvalue weighted by Crippen LogP contribution is -2.31. The molecule has 1 aromatic rings. The van der Waals surface area contributed by atoms with E-state index >= 15 is 0 Å². The Hall–Kier alpha value is -2.64. The summed E-state index contributed by atoms with van der Waals surface area (Å²) >= 11 is 0. The second-order valence-corrected chi connectivity index (χ2v) is 3.96. The van der Waals surface area contributed by atoms with Crippen LogP contribution in [0.2, 0.25) is 0 Å². The van der Waals surface area contributed by atoms with Gasteiger partial charge in [-0.15, -0.1) is 0 Å². The normalized spacial score (nSPS) is 9.85. The van der Waals surface area contributed by atoms with Crippen molar-refractivity contribution in [1.82, 2.24) is 10.6 Å². The highest BCUT2D eigenvalue weighted by atomic mass is 16.6. The molecule has 0 saturated carbocycles. The summed E-state index contributed by atoms with van der Waals surface area (Å²) < 4.78 is 0. The SMILES string of the molecule is CCNC(=O)CCNC(=O)c1cccc(N)c1[N+](=O)[O-]. The van der Waals surface area contributed by atoms with Crippen LogP contribution in [-0.2, 0) is 4.79 Å². The fraction of sp³-hybridized carbons (Fsp3) is 0.333. The number of nitrogens with one attached hydrogen (secondary N) is 2. The van der Waals surface area contributed by atoms with E-state index in [9.17, 15) is 19.7 Å². The van der Waals surface area contributed by atoms with E-state index in [0.29, 0.717) is 6.54 Å². The molecular weight excluding hydrogens is 264 g/mol. The van der Waals surface area contributed by atoms with Crippen LogP contribution in [0, 0.1) is 10.1 Å². The third-order valence-corrected chi connectivity index (χ3v) is 2.51. The van der Waals surface area contributed by atoms with E-state index in [-0.39, 0.29) is 30.1 Å². The van der Waals surface area contributed by atoms with Gasteiger partial charge >= 0.3 is 5.69 Å². The number of nitrogens with two attached hydrogens (primary N) is 1. The molecule has 0 heterocycles. The molecule has 0 fully saturated rings. The summed E-state index contributed by atoms with van der Waals surface area (Å²) in [6.07, 6.45) is 0.107. The predicted molar refractivity (Wildman–Crippen MR) is 73.1 cm³/mol. The van der Waals surface area contributed by atoms with Gasteiger partial charge in [-0.2, -0.15) is 0 Å². The van der Waals surface area contributed by atoms with Gasteiger partial charge in [-0.1, -0.05) is 6.07 Å². The van der Waals surface area contributed by atoms with E-state index in [0.717, 1.165) is 0 Å². The third-order valence-electron chi connectivity index (χ3n) is 2.51. The van der Waals surface area contributed by atoms with E-state index in [1.54, 1.807) is 6.92 Å². The van der Waals surface area contributed by atoms with Crippen molar-refractivity contribution >= 4 is 23.2 Å². The number of nitro groups is 1. The number of amides is 2. The topological polar surface area (TPSA) is 127 Å². The third kappa shape index (κ3) is 3.94. The first-order valence-corrected chi connectivity index (χ1v) is 6.05. The lowest BCUT2D eigenvalue weighted by molar-refractivity contribution is -0.384. The van der Waals surface area contributed by atoms with Crippen LogP contribution < -0.4 is 16.4 Å². The number of anilines is 1. The maximum Gasteiger partial charge on any atom is 0.304 e. The van der Waals surface area contributed by atoms with Crippen LogP contribution in [0.25, 0.3) is 0 Å². The molecule has 0 bridgehead atoms. The van der Waals surface area contributed by atoms with Crippen molar-refractivity contribution in [1.29, 1.82) is 0 Å². The number of nitro benzene ring substituents is 1. The number of nitrogens with zero attached hydrogens (tertiary/aromatic N) is 1. The Morgan fingerprint density at radius 2 is 2.05 bits per heavy atom. The van der Waals surface area contributed by atoms with E-state index in [1.165, 1.54) is 18.2 Å². The molecule has 0 aliphatic rings. The molecule has 8 heteroatoms. The molecule has 1 rings (SSSR count). The van der Waals surface area contributed by atoms with Gasteiger partial charge in [0.1, 0.15) is 11.3 Å². The molecule has 0 aliphatic carbocycles. The summed E-state index contributed by atoms with van der Waals surface area (Å²) in [5.41, 5.74) is 4.87. The van der Waals surface area contributed by atoms with Crippen LogP contribution in [0.3, 0.4) is 0 Å². The molecule has 0 saturated heterocycles. The zero-order chi connectivity index (χ0) is 15.1. The van der Waals surface area contributed by atoms with Gasteiger partial charge in [0.25, 0.3) is 5.91 Å². The number of hydrogen-bond donors (Lipinski definition) is 3. The van der Waals surface area contributed by atoms with E-state index in [2.05, 4.69) is 10.6 Å². The van der Waals surface area contributed by atoms with Crippen molar-refractivity contribution in [2.24, 2.45) is 0 Å². The molecule has 0 atom stereocenters. The number of rotatable bonds is 6. The van der Waals surface area contributed by atoms with Crippen LogP contribution in [0.15, 0.2) is 18.2 Å². The second-order valence-electron chi connectivity index (χ2n) is 3.96. The Morgan fingerprint density at radius 1 is 1.35 bits per heavy atom. The first-order chi connectivity index (χ1) is 9.47. The maximum absolute atomic E-state index is 11.9. The van der Waals surface area contributed by atoms with Gasteiger partial charge in [0.15, 0.2) is 0 Å². The average Bonchev–Trinajstić information content (AvgIpc) is 2.38. The van der Waals surface area contributed by atoms with Gasteiger partial charge in [0.05, 0.1) is 4.92 Å². The quantitative estimate of drug-likeness (QED) is 0.395. The maximum atomic E-state index is 11.9. The summed E-state index contributed by atoms with van der Waals surface area (Å²) in [4.78, 5) is 33.3. The van der Waals surface area contributed by atoms with Crippen molar-refractivity contribution in [3.63, 3.8) is 0 Å². The lowest BCUT2D eigenvalue weighted by Gasteiger charge is -2.07. The molecule has 0 spiro atoms. The molecule has 8 nitrogen and oxygen atoms in total. The zero-order valence-electron chi connectivity index (χ0n) is 11.0. The fourth-order valence-electron chi connectivity index (χ4n) is 1.62. The van der Waals surface area contributed by atoms with Crippen LogP contribution in [0.5, 0.6) is 0 Å². The molecule has 4 N–H and O–H groups in total. The van der Waals surface area contributed by atoms with E-state index in [4.69, 9.17) is 5.73 Å². The van der Waals surface area contributed by atoms with Gasteiger partial charge < -0.3 is 16.4 Å². The number of carbonyl (C=O) groups excluding carboxylic acids is 2. The van der Waals surface area contributed by atoms with Crippen LogP contribution in [-0.4, -0.2) is 29.8 Å². The first kappa shape index (κ1) is 15.4. The summed E-state index contributed by atoms with van der Waals surface area (Å²) in [6, 6.07) is 4.13. The van der Waals surface area contributed by atoms with Gasteiger partial charge in [0, 0.05) is 19.5 Å². The number of carbonyl (C=O) groups is 2. The van der Waals surface area contributed by atoms with E-state index in [1.807, 2.05) is 0 Å². The Balaban J connectivity index is 2.71. The zero-order valence-corrected chi connectivity index (χ0v) is 11.0. The van der Waals surface area contributed by atoms with Crippen molar-refractivity contribution in [3.8, 4) is 0 Å².